The van der Waals surface area contributed by atoms with Crippen molar-refractivity contribution in [2.45, 2.75) is 19.0 Å². The van der Waals surface area contributed by atoms with Gasteiger partial charge in [-0.15, -0.1) is 0 Å². The predicted molar refractivity (Wildman–Crippen MR) is 47.9 cm³/mol. The lowest BCUT2D eigenvalue weighted by Crippen LogP contribution is -2.58. The molecule has 76 valence electrons. The summed E-state index contributed by atoms with van der Waals surface area (Å²) in [5.41, 5.74) is 0. The molecule has 2 atom stereocenters. The fourth-order valence-electron chi connectivity index (χ4n) is 1.53. The summed E-state index contributed by atoms with van der Waals surface area (Å²) < 4.78 is 4.95. The molecule has 5 heteroatoms. The Morgan fingerprint density at radius 2 is 2.46 bits per heavy atom. The summed E-state index contributed by atoms with van der Waals surface area (Å²) in [4.78, 5) is 12.3. The lowest BCUT2D eigenvalue weighted by molar-refractivity contribution is 0.0581. The summed E-state index contributed by atoms with van der Waals surface area (Å²) in [5, 5.41) is 12.1. The standard InChI is InChI=1S/C8H16N2O3/c1-6-4-10(8(11)12)7(3-9-6)5-13-2/h6-7,9H,3-5H2,1-2H3,(H,11,12)/t6-,7-/m0/s1. The van der Waals surface area contributed by atoms with Crippen molar-refractivity contribution in [2.24, 2.45) is 0 Å². The number of carboxylic acid groups (broad SMARTS) is 1. The molecule has 0 aromatic rings. The van der Waals surface area contributed by atoms with Crippen LogP contribution in [-0.4, -0.2) is 55.0 Å². The van der Waals surface area contributed by atoms with Gasteiger partial charge in [-0.1, -0.05) is 0 Å². The molecule has 1 amide bonds. The van der Waals surface area contributed by atoms with Crippen LogP contribution in [0.15, 0.2) is 0 Å². The van der Waals surface area contributed by atoms with Crippen LogP contribution in [0.25, 0.3) is 0 Å². The lowest BCUT2D eigenvalue weighted by Gasteiger charge is -2.36. The molecular weight excluding hydrogens is 172 g/mol. The minimum atomic E-state index is -0.865. The molecular formula is C8H16N2O3. The van der Waals surface area contributed by atoms with E-state index in [0.29, 0.717) is 19.7 Å². The number of hydrogen-bond donors (Lipinski definition) is 2. The van der Waals surface area contributed by atoms with E-state index < -0.39 is 6.09 Å². The second-order valence-electron chi connectivity index (χ2n) is 3.35. The monoisotopic (exact) mass is 188 g/mol. The van der Waals surface area contributed by atoms with Gasteiger partial charge < -0.3 is 20.1 Å². The van der Waals surface area contributed by atoms with Crippen LogP contribution in [0.3, 0.4) is 0 Å². The van der Waals surface area contributed by atoms with Crippen LogP contribution in [0.4, 0.5) is 4.79 Å². The highest BCUT2D eigenvalue weighted by molar-refractivity contribution is 5.65. The smallest absolute Gasteiger partial charge is 0.407 e. The number of nitrogens with one attached hydrogen (secondary N) is 1. The first-order chi connectivity index (χ1) is 6.15. The second kappa shape index (κ2) is 4.43. The zero-order chi connectivity index (χ0) is 9.84. The lowest BCUT2D eigenvalue weighted by atomic mass is 10.1. The number of nitrogens with zero attached hydrogens (tertiary/aromatic N) is 1. The molecule has 1 fully saturated rings. The normalized spacial score (nSPS) is 28.9. The van der Waals surface area contributed by atoms with Crippen LogP contribution in [0, 0.1) is 0 Å². The van der Waals surface area contributed by atoms with Crippen LogP contribution >= 0.6 is 0 Å². The van der Waals surface area contributed by atoms with E-state index in [1.807, 2.05) is 6.92 Å². The fourth-order valence-corrected chi connectivity index (χ4v) is 1.53. The molecule has 1 saturated heterocycles. The minimum absolute atomic E-state index is 0.0568. The first-order valence-corrected chi connectivity index (χ1v) is 4.37. The first kappa shape index (κ1) is 10.3. The van der Waals surface area contributed by atoms with Gasteiger partial charge in [-0.25, -0.2) is 4.79 Å². The number of rotatable bonds is 2. The summed E-state index contributed by atoms with van der Waals surface area (Å²) in [7, 11) is 1.58. The van der Waals surface area contributed by atoms with Crippen molar-refractivity contribution in [3.63, 3.8) is 0 Å². The summed E-state index contributed by atoms with van der Waals surface area (Å²) in [6.45, 7) is 3.62. The number of ether oxygens (including phenoxy) is 1. The van der Waals surface area contributed by atoms with E-state index in [1.165, 1.54) is 4.90 Å². The number of carbonyl (C=O) groups is 1. The molecule has 1 rings (SSSR count). The Kier molecular flexibility index (Phi) is 3.50. The molecule has 0 aliphatic carbocycles. The van der Waals surface area contributed by atoms with Gasteiger partial charge in [0, 0.05) is 26.2 Å². The van der Waals surface area contributed by atoms with Crippen molar-refractivity contribution < 1.29 is 14.6 Å². The summed E-state index contributed by atoms with van der Waals surface area (Å²) in [6, 6.07) is 0.169. The number of methoxy groups -OCH3 is 1. The molecule has 0 radical (unpaired) electrons. The van der Waals surface area contributed by atoms with Crippen LogP contribution in [0.2, 0.25) is 0 Å². The quantitative estimate of drug-likeness (QED) is 0.639. The Morgan fingerprint density at radius 3 is 3.00 bits per heavy atom. The Morgan fingerprint density at radius 1 is 1.77 bits per heavy atom. The van der Waals surface area contributed by atoms with E-state index in [0.717, 1.165) is 0 Å². The van der Waals surface area contributed by atoms with Gasteiger partial charge in [-0.3, -0.25) is 0 Å². The van der Waals surface area contributed by atoms with Crippen molar-refractivity contribution in [1.82, 2.24) is 10.2 Å². The highest BCUT2D eigenvalue weighted by Gasteiger charge is 2.28. The van der Waals surface area contributed by atoms with Crippen LogP contribution < -0.4 is 5.32 Å². The van der Waals surface area contributed by atoms with E-state index in [2.05, 4.69) is 5.32 Å². The summed E-state index contributed by atoms with van der Waals surface area (Å²) in [5.74, 6) is 0. The topological polar surface area (TPSA) is 61.8 Å². The maximum absolute atomic E-state index is 10.8. The van der Waals surface area contributed by atoms with Crippen molar-refractivity contribution in [3.05, 3.63) is 0 Å². The molecule has 13 heavy (non-hydrogen) atoms. The van der Waals surface area contributed by atoms with E-state index in [9.17, 15) is 4.79 Å². The summed E-state index contributed by atoms with van der Waals surface area (Å²) >= 11 is 0. The van der Waals surface area contributed by atoms with Crippen LogP contribution in [-0.2, 0) is 4.74 Å². The Labute approximate surface area is 77.7 Å². The Hall–Kier alpha value is -0.810. The van der Waals surface area contributed by atoms with Gasteiger partial charge in [0.1, 0.15) is 0 Å². The van der Waals surface area contributed by atoms with Gasteiger partial charge in [0.25, 0.3) is 0 Å². The molecule has 0 unspecified atom stereocenters. The number of hydrogen-bond acceptors (Lipinski definition) is 3. The molecule has 0 aromatic heterocycles. The van der Waals surface area contributed by atoms with Crippen LogP contribution in [0.5, 0.6) is 0 Å². The number of amides is 1. The molecule has 2 N–H and O–H groups in total. The molecule has 0 aromatic carbocycles. The third kappa shape index (κ3) is 2.57. The van der Waals surface area contributed by atoms with Crippen LogP contribution in [0.1, 0.15) is 6.92 Å². The molecule has 0 bridgehead atoms. The van der Waals surface area contributed by atoms with Crippen molar-refractivity contribution in [2.75, 3.05) is 26.8 Å². The average Bonchev–Trinajstić information content (AvgIpc) is 2.08. The van der Waals surface area contributed by atoms with Crippen molar-refractivity contribution in [1.29, 1.82) is 0 Å². The zero-order valence-electron chi connectivity index (χ0n) is 7.99. The second-order valence-corrected chi connectivity index (χ2v) is 3.35. The van der Waals surface area contributed by atoms with Gasteiger partial charge in [0.2, 0.25) is 0 Å². The molecule has 0 spiro atoms. The fraction of sp³-hybridized carbons (Fsp3) is 0.875. The predicted octanol–water partition coefficient (Wildman–Crippen LogP) is -0.0269. The third-order valence-corrected chi connectivity index (χ3v) is 2.22. The van der Waals surface area contributed by atoms with Gasteiger partial charge in [-0.05, 0) is 6.92 Å². The Balaban J connectivity index is 2.55. The maximum atomic E-state index is 10.8. The molecule has 1 aliphatic rings. The van der Waals surface area contributed by atoms with E-state index in [1.54, 1.807) is 7.11 Å². The van der Waals surface area contributed by atoms with E-state index >= 15 is 0 Å². The minimum Gasteiger partial charge on any atom is -0.465 e. The summed E-state index contributed by atoms with van der Waals surface area (Å²) in [6.07, 6.45) is -0.865. The molecule has 1 aliphatic heterocycles. The Bertz CT molecular complexity index is 186. The third-order valence-electron chi connectivity index (χ3n) is 2.22. The van der Waals surface area contributed by atoms with Gasteiger partial charge in [0.15, 0.2) is 0 Å². The average molecular weight is 188 g/mol. The molecule has 1 heterocycles. The van der Waals surface area contributed by atoms with E-state index in [-0.39, 0.29) is 12.1 Å². The van der Waals surface area contributed by atoms with Gasteiger partial charge in [0.05, 0.1) is 12.6 Å². The zero-order valence-corrected chi connectivity index (χ0v) is 7.99. The highest BCUT2D eigenvalue weighted by Crippen LogP contribution is 2.07. The molecule has 0 saturated carbocycles. The van der Waals surface area contributed by atoms with Gasteiger partial charge >= 0.3 is 6.09 Å². The van der Waals surface area contributed by atoms with E-state index in [4.69, 9.17) is 9.84 Å². The first-order valence-electron chi connectivity index (χ1n) is 4.37. The highest BCUT2D eigenvalue weighted by atomic mass is 16.5. The largest absolute Gasteiger partial charge is 0.465 e. The SMILES string of the molecule is COC[C@@H]1CN[C@@H](C)CN1C(=O)O. The van der Waals surface area contributed by atoms with Crippen molar-refractivity contribution >= 4 is 6.09 Å². The molecule has 5 nitrogen and oxygen atoms in total. The van der Waals surface area contributed by atoms with Crippen molar-refractivity contribution in [3.8, 4) is 0 Å². The number of piperazine rings is 1. The van der Waals surface area contributed by atoms with Gasteiger partial charge in [-0.2, -0.15) is 0 Å². The maximum Gasteiger partial charge on any atom is 0.407 e.